The highest BCUT2D eigenvalue weighted by Crippen LogP contribution is 2.37. The Kier molecular flexibility index (Phi) is 5.16. The molecule has 0 radical (unpaired) electrons. The Morgan fingerprint density at radius 2 is 1.81 bits per heavy atom. The summed E-state index contributed by atoms with van der Waals surface area (Å²) >= 11 is 0. The number of hydrogen-bond donors (Lipinski definition) is 1. The molecule has 1 N–H and O–H groups in total. The first-order chi connectivity index (χ1) is 12.6. The smallest absolute Gasteiger partial charge is 0.228 e. The zero-order chi connectivity index (χ0) is 19.9. The largest absolute Gasteiger partial charge is 0.330 e. The molecule has 1 aromatic heterocycles. The summed E-state index contributed by atoms with van der Waals surface area (Å²) in [4.78, 5) is 12.5. The highest BCUT2D eigenvalue weighted by Gasteiger charge is 2.34. The highest BCUT2D eigenvalue weighted by atomic mass is 32.2. The minimum absolute atomic E-state index is 0.00983. The number of anilines is 1. The van der Waals surface area contributed by atoms with E-state index in [-0.39, 0.29) is 27.5 Å². The number of hydrogen-bond acceptors (Lipinski definition) is 3. The van der Waals surface area contributed by atoms with Gasteiger partial charge in [0.2, 0.25) is 15.7 Å². The van der Waals surface area contributed by atoms with Crippen LogP contribution in [-0.4, -0.2) is 18.9 Å². The van der Waals surface area contributed by atoms with Crippen LogP contribution in [0.4, 0.5) is 10.2 Å². The van der Waals surface area contributed by atoms with E-state index in [4.69, 9.17) is 0 Å². The molecule has 0 saturated heterocycles. The lowest BCUT2D eigenvalue weighted by atomic mass is 10.2. The number of rotatable bonds is 6. The molecule has 0 spiro atoms. The van der Waals surface area contributed by atoms with E-state index >= 15 is 0 Å². The van der Waals surface area contributed by atoms with Crippen LogP contribution in [0.15, 0.2) is 34.1 Å². The van der Waals surface area contributed by atoms with Crippen LogP contribution >= 0.6 is 0 Å². The number of aromatic nitrogens is 1. The number of amides is 1. The molecule has 1 fully saturated rings. The topological polar surface area (TPSA) is 68.2 Å². The Balaban J connectivity index is 2.17. The molecule has 0 aliphatic heterocycles. The van der Waals surface area contributed by atoms with Gasteiger partial charge in [0, 0.05) is 18.2 Å². The molecule has 5 nitrogen and oxygen atoms in total. The van der Waals surface area contributed by atoms with E-state index in [9.17, 15) is 17.6 Å². The second kappa shape index (κ2) is 7.11. The Morgan fingerprint density at radius 1 is 1.22 bits per heavy atom. The molecule has 1 aromatic carbocycles. The molecular formula is C20H25FN2O3S. The van der Waals surface area contributed by atoms with Crippen molar-refractivity contribution in [3.05, 3.63) is 41.3 Å². The predicted octanol–water partition coefficient (Wildman–Crippen LogP) is 4.08. The molecule has 0 bridgehead atoms. The SMILES string of the molecule is Cc1c(S(=O)(=O)c2ccc(F)cc2)c(NC(=O)C2CC2)n(CC(C)C)c1C. The summed E-state index contributed by atoms with van der Waals surface area (Å²) in [7, 11) is -3.91. The summed E-state index contributed by atoms with van der Waals surface area (Å²) in [5.74, 6) is -0.0997. The molecule has 0 unspecified atom stereocenters. The first kappa shape index (κ1) is 19.6. The average molecular weight is 392 g/mol. The van der Waals surface area contributed by atoms with Gasteiger partial charge in [0.1, 0.15) is 16.5 Å². The number of carbonyl (C=O) groups excluding carboxylic acids is 1. The van der Waals surface area contributed by atoms with Crippen molar-refractivity contribution in [3.63, 3.8) is 0 Å². The molecule has 1 amide bonds. The van der Waals surface area contributed by atoms with E-state index in [0.717, 1.165) is 30.7 Å². The second-order valence-corrected chi connectivity index (χ2v) is 9.50. The van der Waals surface area contributed by atoms with Crippen LogP contribution in [0.1, 0.15) is 37.9 Å². The number of nitrogens with zero attached hydrogens (tertiary/aromatic N) is 1. The molecule has 1 aliphatic rings. The van der Waals surface area contributed by atoms with Gasteiger partial charge in [-0.1, -0.05) is 13.8 Å². The zero-order valence-corrected chi connectivity index (χ0v) is 16.9. The van der Waals surface area contributed by atoms with E-state index in [0.29, 0.717) is 17.9 Å². The maximum Gasteiger partial charge on any atom is 0.228 e. The fourth-order valence-electron chi connectivity index (χ4n) is 3.18. The van der Waals surface area contributed by atoms with Gasteiger partial charge in [0.15, 0.2) is 0 Å². The maximum absolute atomic E-state index is 13.3. The van der Waals surface area contributed by atoms with E-state index in [1.807, 2.05) is 25.3 Å². The van der Waals surface area contributed by atoms with Crippen molar-refractivity contribution in [3.8, 4) is 0 Å². The zero-order valence-electron chi connectivity index (χ0n) is 16.0. The molecule has 27 heavy (non-hydrogen) atoms. The Labute approximate surface area is 159 Å². The minimum Gasteiger partial charge on any atom is -0.330 e. The number of benzene rings is 1. The number of halogens is 1. The third kappa shape index (κ3) is 3.78. The summed E-state index contributed by atoms with van der Waals surface area (Å²) in [6, 6.07) is 4.77. The summed E-state index contributed by atoms with van der Waals surface area (Å²) in [6.07, 6.45) is 1.66. The van der Waals surface area contributed by atoms with Crippen LogP contribution in [0.2, 0.25) is 0 Å². The molecule has 3 rings (SSSR count). The lowest BCUT2D eigenvalue weighted by molar-refractivity contribution is -0.117. The summed E-state index contributed by atoms with van der Waals surface area (Å²) in [5, 5.41) is 2.87. The molecular weight excluding hydrogens is 367 g/mol. The van der Waals surface area contributed by atoms with Crippen LogP contribution in [0, 0.1) is 31.5 Å². The Morgan fingerprint density at radius 3 is 2.33 bits per heavy atom. The van der Waals surface area contributed by atoms with Crippen molar-refractivity contribution in [2.24, 2.45) is 11.8 Å². The fourth-order valence-corrected chi connectivity index (χ4v) is 4.87. The summed E-state index contributed by atoms with van der Waals surface area (Å²) in [5.41, 5.74) is 1.40. The quantitative estimate of drug-likeness (QED) is 0.753. The molecule has 7 heteroatoms. The van der Waals surface area contributed by atoms with E-state index in [1.54, 1.807) is 6.92 Å². The standard InChI is InChI=1S/C20H25FN2O3S/c1-12(2)11-23-14(4)13(3)18(19(23)22-20(24)15-5-6-15)27(25,26)17-9-7-16(21)8-10-17/h7-10,12,15H,5-6,11H2,1-4H3,(H,22,24). The van der Waals surface area contributed by atoms with Crippen LogP contribution in [0.25, 0.3) is 0 Å². The van der Waals surface area contributed by atoms with Gasteiger partial charge >= 0.3 is 0 Å². The first-order valence-electron chi connectivity index (χ1n) is 9.14. The lowest BCUT2D eigenvalue weighted by Crippen LogP contribution is -2.20. The van der Waals surface area contributed by atoms with Crippen molar-refractivity contribution < 1.29 is 17.6 Å². The number of nitrogens with one attached hydrogen (secondary N) is 1. The normalized spacial score (nSPS) is 14.6. The summed E-state index contributed by atoms with van der Waals surface area (Å²) in [6.45, 7) is 8.26. The molecule has 1 saturated carbocycles. The fraction of sp³-hybridized carbons (Fsp3) is 0.450. The third-order valence-electron chi connectivity index (χ3n) is 4.90. The Hall–Kier alpha value is -2.15. The molecule has 2 aromatic rings. The number of sulfone groups is 1. The van der Waals surface area contributed by atoms with Crippen LogP contribution in [0.5, 0.6) is 0 Å². The summed E-state index contributed by atoms with van der Waals surface area (Å²) < 4.78 is 41.8. The molecule has 1 aliphatic carbocycles. The van der Waals surface area contributed by atoms with Crippen LogP contribution in [0.3, 0.4) is 0 Å². The van der Waals surface area contributed by atoms with Gasteiger partial charge in [0.25, 0.3) is 0 Å². The van der Waals surface area contributed by atoms with Gasteiger partial charge in [-0.05, 0) is 62.4 Å². The van der Waals surface area contributed by atoms with Crippen molar-refractivity contribution in [2.45, 2.75) is 56.9 Å². The van der Waals surface area contributed by atoms with Gasteiger partial charge in [-0.25, -0.2) is 12.8 Å². The number of carbonyl (C=O) groups is 1. The van der Waals surface area contributed by atoms with Crippen molar-refractivity contribution >= 4 is 21.6 Å². The maximum atomic E-state index is 13.3. The first-order valence-corrected chi connectivity index (χ1v) is 10.6. The monoisotopic (exact) mass is 392 g/mol. The average Bonchev–Trinajstić information content (AvgIpc) is 3.40. The highest BCUT2D eigenvalue weighted by molar-refractivity contribution is 7.91. The van der Waals surface area contributed by atoms with E-state index in [1.165, 1.54) is 12.1 Å². The minimum atomic E-state index is -3.91. The van der Waals surface area contributed by atoms with E-state index in [2.05, 4.69) is 5.32 Å². The molecule has 1 heterocycles. The molecule has 146 valence electrons. The van der Waals surface area contributed by atoms with Crippen LogP contribution in [-0.2, 0) is 21.2 Å². The van der Waals surface area contributed by atoms with Crippen molar-refractivity contribution in [1.82, 2.24) is 4.57 Å². The van der Waals surface area contributed by atoms with Gasteiger partial charge in [0.05, 0.1) is 4.90 Å². The van der Waals surface area contributed by atoms with Gasteiger partial charge < -0.3 is 9.88 Å². The predicted molar refractivity (Wildman–Crippen MR) is 102 cm³/mol. The second-order valence-electron chi connectivity index (χ2n) is 7.61. The molecule has 0 atom stereocenters. The lowest BCUT2D eigenvalue weighted by Gasteiger charge is -2.16. The van der Waals surface area contributed by atoms with Gasteiger partial charge in [-0.2, -0.15) is 0 Å². The van der Waals surface area contributed by atoms with Gasteiger partial charge in [-0.3, -0.25) is 4.79 Å². The third-order valence-corrected chi connectivity index (χ3v) is 6.83. The van der Waals surface area contributed by atoms with Crippen molar-refractivity contribution in [2.75, 3.05) is 5.32 Å². The Bertz CT molecular complexity index is 972. The van der Waals surface area contributed by atoms with Gasteiger partial charge in [-0.15, -0.1) is 0 Å². The van der Waals surface area contributed by atoms with Crippen LogP contribution < -0.4 is 5.32 Å². The van der Waals surface area contributed by atoms with E-state index < -0.39 is 15.7 Å². The van der Waals surface area contributed by atoms with Crippen molar-refractivity contribution in [1.29, 1.82) is 0 Å².